The van der Waals surface area contributed by atoms with E-state index in [1.807, 2.05) is 32.3 Å². The molecule has 1 aliphatic heterocycles. The molecular formula is C25H29N3O4S2. The third kappa shape index (κ3) is 4.79. The Balaban J connectivity index is 1.66. The summed E-state index contributed by atoms with van der Waals surface area (Å²) < 4.78 is 36.3. The zero-order valence-corrected chi connectivity index (χ0v) is 21.4. The summed E-state index contributed by atoms with van der Waals surface area (Å²) in [6.45, 7) is 12.8. The molecule has 180 valence electrons. The van der Waals surface area contributed by atoms with E-state index in [9.17, 15) is 13.2 Å². The van der Waals surface area contributed by atoms with Crippen molar-refractivity contribution in [1.82, 2.24) is 8.87 Å². The van der Waals surface area contributed by atoms with Crippen molar-refractivity contribution in [3.8, 4) is 0 Å². The molecule has 0 spiro atoms. The molecule has 2 atom stereocenters. The Bertz CT molecular complexity index is 1410. The fraction of sp³-hybridized carbons (Fsp3) is 0.360. The Labute approximate surface area is 204 Å². The van der Waals surface area contributed by atoms with Crippen molar-refractivity contribution in [3.05, 3.63) is 70.5 Å². The van der Waals surface area contributed by atoms with Crippen LogP contribution in [0.5, 0.6) is 0 Å². The second kappa shape index (κ2) is 9.58. The SMILES string of the molecule is C=CCn1c(=NC(=O)c2ccc(S(=O)(=O)N3CC(C)OC(C)C3)cc2)sc2cc(C)cc(C)c21. The van der Waals surface area contributed by atoms with Crippen LogP contribution in [0.4, 0.5) is 0 Å². The first-order valence-electron chi connectivity index (χ1n) is 11.2. The van der Waals surface area contributed by atoms with Gasteiger partial charge in [-0.05, 0) is 69.2 Å². The lowest BCUT2D eigenvalue weighted by Crippen LogP contribution is -2.48. The smallest absolute Gasteiger partial charge is 0.279 e. The van der Waals surface area contributed by atoms with Gasteiger partial charge < -0.3 is 9.30 Å². The van der Waals surface area contributed by atoms with Crippen LogP contribution in [0.1, 0.15) is 35.3 Å². The maximum atomic E-state index is 13.1. The number of sulfonamides is 1. The van der Waals surface area contributed by atoms with Gasteiger partial charge >= 0.3 is 0 Å². The summed E-state index contributed by atoms with van der Waals surface area (Å²) in [5, 5.41) is 0. The van der Waals surface area contributed by atoms with Crippen LogP contribution < -0.4 is 4.80 Å². The minimum atomic E-state index is -3.67. The van der Waals surface area contributed by atoms with Gasteiger partial charge in [-0.15, -0.1) is 6.58 Å². The first kappa shape index (κ1) is 24.5. The van der Waals surface area contributed by atoms with Gasteiger partial charge in [0.25, 0.3) is 5.91 Å². The number of benzene rings is 2. The maximum absolute atomic E-state index is 13.1. The van der Waals surface area contributed by atoms with Gasteiger partial charge in [0.1, 0.15) is 0 Å². The number of hydrogen-bond donors (Lipinski definition) is 0. The Kier molecular flexibility index (Phi) is 6.91. The summed E-state index contributed by atoms with van der Waals surface area (Å²) in [4.78, 5) is 18.1. The number of morpholine rings is 1. The van der Waals surface area contributed by atoms with Crippen LogP contribution in [0, 0.1) is 13.8 Å². The number of amides is 1. The Morgan fingerprint density at radius 3 is 2.44 bits per heavy atom. The molecule has 1 saturated heterocycles. The van der Waals surface area contributed by atoms with E-state index < -0.39 is 15.9 Å². The summed E-state index contributed by atoms with van der Waals surface area (Å²) >= 11 is 1.46. The number of rotatable bonds is 5. The maximum Gasteiger partial charge on any atom is 0.279 e. The third-order valence-electron chi connectivity index (χ3n) is 5.75. The Hall–Kier alpha value is -2.59. The van der Waals surface area contributed by atoms with Crippen LogP contribution in [0.25, 0.3) is 10.2 Å². The van der Waals surface area contributed by atoms with E-state index in [2.05, 4.69) is 23.7 Å². The molecule has 0 bridgehead atoms. The van der Waals surface area contributed by atoms with Crippen LogP contribution in [0.2, 0.25) is 0 Å². The number of fused-ring (bicyclic) bond motifs is 1. The van der Waals surface area contributed by atoms with E-state index >= 15 is 0 Å². The molecule has 2 unspecified atom stereocenters. The summed E-state index contributed by atoms with van der Waals surface area (Å²) in [7, 11) is -3.67. The predicted molar refractivity (Wildman–Crippen MR) is 135 cm³/mol. The number of thiazole rings is 1. The highest BCUT2D eigenvalue weighted by molar-refractivity contribution is 7.89. The zero-order valence-electron chi connectivity index (χ0n) is 19.8. The van der Waals surface area contributed by atoms with Crippen LogP contribution in [-0.4, -0.2) is 48.5 Å². The lowest BCUT2D eigenvalue weighted by molar-refractivity contribution is -0.0440. The van der Waals surface area contributed by atoms with Gasteiger partial charge in [-0.3, -0.25) is 4.79 Å². The van der Waals surface area contributed by atoms with Gasteiger partial charge in [-0.2, -0.15) is 9.30 Å². The molecule has 0 N–H and O–H groups in total. The quantitative estimate of drug-likeness (QED) is 0.496. The first-order chi connectivity index (χ1) is 16.1. The van der Waals surface area contributed by atoms with Gasteiger partial charge in [0.05, 0.1) is 27.3 Å². The van der Waals surface area contributed by atoms with Gasteiger partial charge in [0.15, 0.2) is 4.80 Å². The van der Waals surface area contributed by atoms with Gasteiger partial charge in [-0.25, -0.2) is 8.42 Å². The van der Waals surface area contributed by atoms with Crippen LogP contribution in [0.15, 0.2) is 58.9 Å². The Morgan fingerprint density at radius 1 is 1.18 bits per heavy atom. The van der Waals surface area contributed by atoms with Gasteiger partial charge in [-0.1, -0.05) is 23.5 Å². The van der Waals surface area contributed by atoms with E-state index in [1.165, 1.54) is 39.9 Å². The van der Waals surface area contributed by atoms with Gasteiger partial charge in [0, 0.05) is 25.2 Å². The molecule has 2 heterocycles. The summed E-state index contributed by atoms with van der Waals surface area (Å²) in [6, 6.07) is 10.2. The van der Waals surface area contributed by atoms with E-state index in [4.69, 9.17) is 4.74 Å². The van der Waals surface area contributed by atoms with E-state index in [1.54, 1.807) is 6.08 Å². The minimum Gasteiger partial charge on any atom is -0.373 e. The summed E-state index contributed by atoms with van der Waals surface area (Å²) in [6.07, 6.45) is 1.44. The van der Waals surface area contributed by atoms with Crippen molar-refractivity contribution >= 4 is 37.5 Å². The van der Waals surface area contributed by atoms with E-state index in [-0.39, 0.29) is 17.1 Å². The number of aromatic nitrogens is 1. The molecule has 2 aromatic carbocycles. The van der Waals surface area contributed by atoms with Crippen LogP contribution >= 0.6 is 11.3 Å². The molecule has 1 aliphatic rings. The normalized spacial score (nSPS) is 20.1. The van der Waals surface area contributed by atoms with Crippen molar-refractivity contribution in [1.29, 1.82) is 0 Å². The molecular weight excluding hydrogens is 470 g/mol. The third-order valence-corrected chi connectivity index (χ3v) is 8.62. The van der Waals surface area contributed by atoms with Crippen molar-refractivity contribution < 1.29 is 17.9 Å². The van der Waals surface area contributed by atoms with Crippen LogP contribution in [-0.2, 0) is 21.3 Å². The largest absolute Gasteiger partial charge is 0.373 e. The average Bonchev–Trinajstić information content (AvgIpc) is 3.10. The van der Waals surface area contributed by atoms with E-state index in [0.29, 0.717) is 30.0 Å². The second-order valence-corrected chi connectivity index (χ2v) is 11.7. The average molecular weight is 500 g/mol. The predicted octanol–water partition coefficient (Wildman–Crippen LogP) is 4.04. The molecule has 34 heavy (non-hydrogen) atoms. The number of nitrogens with zero attached hydrogens (tertiary/aromatic N) is 3. The number of ether oxygens (including phenoxy) is 1. The molecule has 9 heteroatoms. The fourth-order valence-corrected chi connectivity index (χ4v) is 7.18. The van der Waals surface area contributed by atoms with Crippen molar-refractivity contribution in [3.63, 3.8) is 0 Å². The molecule has 7 nitrogen and oxygen atoms in total. The topological polar surface area (TPSA) is 81.0 Å². The fourth-order valence-electron chi connectivity index (χ4n) is 4.37. The van der Waals surface area contributed by atoms with Crippen molar-refractivity contribution in [2.75, 3.05) is 13.1 Å². The Morgan fingerprint density at radius 2 is 1.82 bits per heavy atom. The van der Waals surface area contributed by atoms with Crippen molar-refractivity contribution in [2.45, 2.75) is 51.3 Å². The monoisotopic (exact) mass is 499 g/mol. The number of hydrogen-bond acceptors (Lipinski definition) is 5. The molecule has 0 saturated carbocycles. The molecule has 1 amide bonds. The molecule has 0 radical (unpaired) electrons. The molecule has 1 fully saturated rings. The minimum absolute atomic E-state index is 0.153. The standard InChI is InChI=1S/C25H29N3O4S2/c1-6-11-28-23-17(3)12-16(2)13-22(23)33-25(28)26-24(29)20-7-9-21(10-8-20)34(30,31)27-14-18(4)32-19(5)15-27/h6-10,12-13,18-19H,1,11,14-15H2,2-5H3. The number of carbonyl (C=O) groups excluding carboxylic acids is 1. The molecule has 1 aromatic heterocycles. The second-order valence-electron chi connectivity index (χ2n) is 8.73. The zero-order chi connectivity index (χ0) is 24.6. The summed E-state index contributed by atoms with van der Waals surface area (Å²) in [5.74, 6) is -0.420. The molecule has 0 aliphatic carbocycles. The highest BCUT2D eigenvalue weighted by Gasteiger charge is 2.32. The first-order valence-corrected chi connectivity index (χ1v) is 13.4. The lowest BCUT2D eigenvalue weighted by atomic mass is 10.1. The van der Waals surface area contributed by atoms with E-state index in [0.717, 1.165) is 21.3 Å². The number of aryl methyl sites for hydroxylation is 2. The number of carbonyl (C=O) groups is 1. The lowest BCUT2D eigenvalue weighted by Gasteiger charge is -2.34. The highest BCUT2D eigenvalue weighted by Crippen LogP contribution is 2.24. The summed E-state index contributed by atoms with van der Waals surface area (Å²) in [5.41, 5.74) is 3.63. The van der Waals surface area contributed by atoms with Crippen LogP contribution in [0.3, 0.4) is 0 Å². The number of allylic oxidation sites excluding steroid dienone is 1. The molecule has 4 rings (SSSR count). The highest BCUT2D eigenvalue weighted by atomic mass is 32.2. The van der Waals surface area contributed by atoms with Crippen molar-refractivity contribution in [2.24, 2.45) is 4.99 Å². The molecule has 3 aromatic rings. The van der Waals surface area contributed by atoms with Gasteiger partial charge in [0.2, 0.25) is 10.0 Å².